The van der Waals surface area contributed by atoms with Gasteiger partial charge in [-0.05, 0) is 109 Å². The van der Waals surface area contributed by atoms with E-state index < -0.39 is 6.10 Å². The van der Waals surface area contributed by atoms with Crippen molar-refractivity contribution in [3.05, 3.63) is 122 Å². The van der Waals surface area contributed by atoms with E-state index >= 15 is 0 Å². The first-order valence-corrected chi connectivity index (χ1v) is 27.0. The summed E-state index contributed by atoms with van der Waals surface area (Å²) >= 11 is 0. The Kier molecular flexibility index (Phi) is 51.0. The molecule has 0 saturated heterocycles. The third kappa shape index (κ3) is 52.6. The molecular formula is C61H98O6. The third-order valence-electron chi connectivity index (χ3n) is 11.0. The Hall–Kier alpha value is -4.19. The molecule has 0 saturated carbocycles. The summed E-state index contributed by atoms with van der Waals surface area (Å²) in [6.45, 7) is 6.29. The summed E-state index contributed by atoms with van der Waals surface area (Å²) in [4.78, 5) is 37.8. The second-order valence-electron chi connectivity index (χ2n) is 17.4. The molecule has 0 spiro atoms. The van der Waals surface area contributed by atoms with E-state index in [9.17, 15) is 14.4 Å². The summed E-state index contributed by atoms with van der Waals surface area (Å²) in [5.41, 5.74) is 0. The van der Waals surface area contributed by atoms with Gasteiger partial charge in [0.15, 0.2) is 6.10 Å². The number of carbonyl (C=O) groups is 3. The Morgan fingerprint density at radius 1 is 0.313 bits per heavy atom. The summed E-state index contributed by atoms with van der Waals surface area (Å²) < 4.78 is 16.7. The zero-order chi connectivity index (χ0) is 48.6. The minimum absolute atomic E-state index is 0.0936. The molecule has 0 bridgehead atoms. The van der Waals surface area contributed by atoms with Crippen LogP contribution in [0.15, 0.2) is 122 Å². The van der Waals surface area contributed by atoms with Crippen LogP contribution in [-0.4, -0.2) is 37.2 Å². The molecule has 378 valence electrons. The van der Waals surface area contributed by atoms with Gasteiger partial charge in [0, 0.05) is 19.3 Å². The largest absolute Gasteiger partial charge is 0.462 e. The van der Waals surface area contributed by atoms with Gasteiger partial charge in [0.05, 0.1) is 0 Å². The van der Waals surface area contributed by atoms with Crippen molar-refractivity contribution >= 4 is 17.9 Å². The predicted octanol–water partition coefficient (Wildman–Crippen LogP) is 18.1. The number of rotatable bonds is 47. The monoisotopic (exact) mass is 927 g/mol. The second-order valence-corrected chi connectivity index (χ2v) is 17.4. The molecule has 0 N–H and O–H groups in total. The first-order valence-electron chi connectivity index (χ1n) is 27.0. The Balaban J connectivity index is 4.24. The lowest BCUT2D eigenvalue weighted by Gasteiger charge is -2.18. The van der Waals surface area contributed by atoms with Gasteiger partial charge in [-0.25, -0.2) is 0 Å². The van der Waals surface area contributed by atoms with E-state index in [1.165, 1.54) is 32.1 Å². The van der Waals surface area contributed by atoms with Gasteiger partial charge in [0.2, 0.25) is 0 Å². The van der Waals surface area contributed by atoms with Crippen molar-refractivity contribution in [2.24, 2.45) is 0 Å². The zero-order valence-electron chi connectivity index (χ0n) is 43.1. The van der Waals surface area contributed by atoms with Crippen LogP contribution in [0.2, 0.25) is 0 Å². The van der Waals surface area contributed by atoms with E-state index in [2.05, 4.69) is 142 Å². The summed E-state index contributed by atoms with van der Waals surface area (Å²) in [5, 5.41) is 0. The lowest BCUT2D eigenvalue weighted by atomic mass is 10.1. The van der Waals surface area contributed by atoms with E-state index in [1.54, 1.807) is 0 Å². The van der Waals surface area contributed by atoms with Crippen molar-refractivity contribution in [2.45, 2.75) is 232 Å². The highest BCUT2D eigenvalue weighted by atomic mass is 16.6. The Labute approximate surface area is 412 Å². The zero-order valence-corrected chi connectivity index (χ0v) is 43.1. The molecule has 0 aliphatic heterocycles. The lowest BCUT2D eigenvalue weighted by Crippen LogP contribution is -2.30. The molecule has 0 fully saturated rings. The molecular weight excluding hydrogens is 829 g/mol. The molecule has 0 radical (unpaired) electrons. The average Bonchev–Trinajstić information content (AvgIpc) is 3.33. The quantitative estimate of drug-likeness (QED) is 0.0262. The van der Waals surface area contributed by atoms with Crippen LogP contribution in [-0.2, 0) is 28.6 Å². The minimum Gasteiger partial charge on any atom is -0.462 e. The van der Waals surface area contributed by atoms with Crippen molar-refractivity contribution in [1.82, 2.24) is 0 Å². The SMILES string of the molecule is CC/C=C\C/C=C\C/C=C\C/C=C\C/C=C\C/C=C\CCCCCCC(=O)OCC(COC(=O)CCCCCCC)OC(=O)CCCCCCCCCC/C=C\C/C=C\C/C=C\C/C=C\CC. The molecule has 67 heavy (non-hydrogen) atoms. The van der Waals surface area contributed by atoms with Gasteiger partial charge in [-0.15, -0.1) is 0 Å². The third-order valence-corrected chi connectivity index (χ3v) is 11.0. The van der Waals surface area contributed by atoms with Crippen molar-refractivity contribution in [3.8, 4) is 0 Å². The van der Waals surface area contributed by atoms with Gasteiger partial charge in [0.25, 0.3) is 0 Å². The normalized spacial score (nSPS) is 13.1. The van der Waals surface area contributed by atoms with Gasteiger partial charge in [-0.1, -0.05) is 219 Å². The Bertz CT molecular complexity index is 1440. The maximum absolute atomic E-state index is 12.8. The van der Waals surface area contributed by atoms with E-state index in [0.29, 0.717) is 19.3 Å². The second kappa shape index (κ2) is 54.4. The number of allylic oxidation sites excluding steroid dienone is 20. The smallest absolute Gasteiger partial charge is 0.306 e. The molecule has 1 atom stereocenters. The summed E-state index contributed by atoms with van der Waals surface area (Å²) in [6.07, 6.45) is 75.1. The van der Waals surface area contributed by atoms with Gasteiger partial charge in [0.1, 0.15) is 13.2 Å². The first-order chi connectivity index (χ1) is 33.0. The fourth-order valence-corrected chi connectivity index (χ4v) is 6.96. The molecule has 0 amide bonds. The van der Waals surface area contributed by atoms with Gasteiger partial charge in [-0.2, -0.15) is 0 Å². The van der Waals surface area contributed by atoms with Crippen molar-refractivity contribution in [3.63, 3.8) is 0 Å². The maximum atomic E-state index is 12.8. The van der Waals surface area contributed by atoms with Gasteiger partial charge >= 0.3 is 17.9 Å². The van der Waals surface area contributed by atoms with Crippen LogP contribution >= 0.6 is 0 Å². The molecule has 0 aromatic carbocycles. The summed E-state index contributed by atoms with van der Waals surface area (Å²) in [7, 11) is 0. The van der Waals surface area contributed by atoms with Crippen LogP contribution in [0.1, 0.15) is 226 Å². The van der Waals surface area contributed by atoms with Crippen molar-refractivity contribution in [1.29, 1.82) is 0 Å². The number of unbranched alkanes of at least 4 members (excludes halogenated alkanes) is 16. The summed E-state index contributed by atoms with van der Waals surface area (Å²) in [6, 6.07) is 0. The highest BCUT2D eigenvalue weighted by Crippen LogP contribution is 2.13. The Morgan fingerprint density at radius 2 is 0.582 bits per heavy atom. The summed E-state index contributed by atoms with van der Waals surface area (Å²) in [5.74, 6) is -0.947. The van der Waals surface area contributed by atoms with Crippen LogP contribution in [0.4, 0.5) is 0 Å². The maximum Gasteiger partial charge on any atom is 0.306 e. The van der Waals surface area contributed by atoms with Gasteiger partial charge in [-0.3, -0.25) is 14.4 Å². The number of esters is 3. The van der Waals surface area contributed by atoms with E-state index in [-0.39, 0.29) is 31.1 Å². The molecule has 1 unspecified atom stereocenters. The number of carbonyl (C=O) groups excluding carboxylic acids is 3. The highest BCUT2D eigenvalue weighted by molar-refractivity contribution is 5.71. The molecule has 0 rings (SSSR count). The van der Waals surface area contributed by atoms with Crippen molar-refractivity contribution < 1.29 is 28.6 Å². The van der Waals surface area contributed by atoms with E-state index in [1.807, 2.05) is 0 Å². The predicted molar refractivity (Wildman–Crippen MR) is 288 cm³/mol. The fourth-order valence-electron chi connectivity index (χ4n) is 6.96. The topological polar surface area (TPSA) is 78.9 Å². The van der Waals surface area contributed by atoms with E-state index in [4.69, 9.17) is 14.2 Å². The fraction of sp³-hybridized carbons (Fsp3) is 0.623. The van der Waals surface area contributed by atoms with Crippen LogP contribution in [0.25, 0.3) is 0 Å². The molecule has 6 heteroatoms. The molecule has 0 heterocycles. The van der Waals surface area contributed by atoms with Crippen LogP contribution in [0.5, 0.6) is 0 Å². The molecule has 0 aromatic rings. The van der Waals surface area contributed by atoms with Crippen LogP contribution in [0.3, 0.4) is 0 Å². The number of hydrogen-bond donors (Lipinski definition) is 0. The Morgan fingerprint density at radius 3 is 0.910 bits per heavy atom. The first kappa shape index (κ1) is 62.8. The highest BCUT2D eigenvalue weighted by Gasteiger charge is 2.19. The van der Waals surface area contributed by atoms with Gasteiger partial charge < -0.3 is 14.2 Å². The molecule has 0 aromatic heterocycles. The lowest BCUT2D eigenvalue weighted by molar-refractivity contribution is -0.167. The van der Waals surface area contributed by atoms with Crippen LogP contribution < -0.4 is 0 Å². The number of ether oxygens (including phenoxy) is 3. The van der Waals surface area contributed by atoms with E-state index in [0.717, 1.165) is 154 Å². The molecule has 0 aliphatic rings. The molecule has 0 aliphatic carbocycles. The number of hydrogen-bond acceptors (Lipinski definition) is 6. The van der Waals surface area contributed by atoms with Crippen LogP contribution in [0, 0.1) is 0 Å². The molecule has 6 nitrogen and oxygen atoms in total. The standard InChI is InChI=1S/C61H98O6/c1-4-7-10-13-15-17-19-21-23-25-27-29-30-32-33-35-37-39-41-43-45-48-51-54-60(63)66-57-58(56-65-59(62)53-50-47-12-9-6-3)67-61(64)55-52-49-46-44-42-40-38-36-34-31-28-26-24-22-20-18-16-14-11-8-5-2/h7-8,10-11,15-18,21-24,27-29,31-33,37,39,58H,4-6,9,12-14,19-20,25-26,30,34-36,38,40-57H2,1-3H3/b10-7-,11-8-,17-15-,18-16-,23-21-,24-22-,29-27-,31-28-,33-32-,39-37-. The average molecular weight is 927 g/mol. The van der Waals surface area contributed by atoms with Crippen molar-refractivity contribution in [2.75, 3.05) is 13.2 Å². The minimum atomic E-state index is -0.793.